The second-order valence-electron chi connectivity index (χ2n) is 8.83. The van der Waals surface area contributed by atoms with Gasteiger partial charge in [-0.05, 0) is 45.6 Å². The maximum absolute atomic E-state index is 13.7. The van der Waals surface area contributed by atoms with Gasteiger partial charge in [-0.15, -0.1) is 0 Å². The summed E-state index contributed by atoms with van der Waals surface area (Å²) in [6.07, 6.45) is -1.23. The van der Waals surface area contributed by atoms with Gasteiger partial charge in [0.25, 0.3) is 0 Å². The fourth-order valence-corrected chi connectivity index (χ4v) is 7.27. The number of ether oxygens (including phenoxy) is 2. The summed E-state index contributed by atoms with van der Waals surface area (Å²) in [5.74, 6) is -0.873. The summed E-state index contributed by atoms with van der Waals surface area (Å²) in [5, 5.41) is 26.6. The number of rotatable bonds is 12. The highest BCUT2D eigenvalue weighted by molar-refractivity contribution is 8.55. The lowest BCUT2D eigenvalue weighted by molar-refractivity contribution is -0.149. The third-order valence-electron chi connectivity index (χ3n) is 5.34. The summed E-state index contributed by atoms with van der Waals surface area (Å²) in [5.41, 5.74) is -1.30. The van der Waals surface area contributed by atoms with Crippen LogP contribution in [0.4, 0.5) is 0 Å². The number of nitrogens with one attached hydrogen (secondary N) is 2. The molecule has 196 valence electrons. The van der Waals surface area contributed by atoms with E-state index >= 15 is 0 Å². The van der Waals surface area contributed by atoms with E-state index in [-0.39, 0.29) is 36.5 Å². The first-order chi connectivity index (χ1) is 15.7. The fourth-order valence-electron chi connectivity index (χ4n) is 3.51. The van der Waals surface area contributed by atoms with Gasteiger partial charge in [-0.1, -0.05) is 6.92 Å². The Balaban J connectivity index is 2.17. The van der Waals surface area contributed by atoms with Crippen LogP contribution in [0.1, 0.15) is 46.7 Å². The van der Waals surface area contributed by atoms with Gasteiger partial charge in [0, 0.05) is 26.3 Å². The molecule has 0 aliphatic carbocycles. The predicted molar refractivity (Wildman–Crippen MR) is 129 cm³/mol. The zero-order chi connectivity index (χ0) is 25.8. The molecule has 1 aromatic heterocycles. The van der Waals surface area contributed by atoms with Gasteiger partial charge in [0.2, 0.25) is 5.88 Å². The molecule has 34 heavy (non-hydrogen) atoms. The van der Waals surface area contributed by atoms with Crippen LogP contribution in [0.5, 0.6) is 5.88 Å². The van der Waals surface area contributed by atoms with Gasteiger partial charge in [-0.2, -0.15) is 0 Å². The zero-order valence-electron chi connectivity index (χ0n) is 20.7. The largest absolute Gasteiger partial charge is 0.493 e. The van der Waals surface area contributed by atoms with Crippen LogP contribution < -0.4 is 16.1 Å². The standard InChI is InChI=1S/C20H37N4O8PS/c1-8-21-18-20(5,28)9-14(32-18)10-30-33(29,22-13(4)17(26)31-12(2)3)34-11-15-16(25)24(7)19(27)23(15)6/h12-14,18,21,25,28H,8-11H2,1-7H3,(H,22,29). The van der Waals surface area contributed by atoms with E-state index in [1.807, 2.05) is 6.92 Å². The SMILES string of the molecule is CCNC1OC(COP(=O)(NC(C)C(=O)OC(C)C)SCc2c(O)n(C)c(=O)n2C)CC1(C)O. The van der Waals surface area contributed by atoms with Gasteiger partial charge in [-0.3, -0.25) is 23.8 Å². The van der Waals surface area contributed by atoms with Crippen molar-refractivity contribution in [2.75, 3.05) is 13.2 Å². The molecule has 12 nitrogen and oxygen atoms in total. The molecule has 0 saturated carbocycles. The molecule has 0 radical (unpaired) electrons. The molecule has 1 aromatic rings. The lowest BCUT2D eigenvalue weighted by Crippen LogP contribution is -2.45. The van der Waals surface area contributed by atoms with Gasteiger partial charge in [0.05, 0.1) is 24.5 Å². The molecule has 1 fully saturated rings. The molecule has 1 aliphatic heterocycles. The topological polar surface area (TPSA) is 153 Å². The summed E-state index contributed by atoms with van der Waals surface area (Å²) in [7, 11) is 2.92. The predicted octanol–water partition coefficient (Wildman–Crippen LogP) is 1.19. The van der Waals surface area contributed by atoms with Crippen molar-refractivity contribution in [1.29, 1.82) is 0 Å². The lowest BCUT2D eigenvalue weighted by Gasteiger charge is -2.24. The molecular formula is C20H37N4O8PS. The fraction of sp³-hybridized carbons (Fsp3) is 0.800. The molecule has 2 rings (SSSR count). The number of carbonyl (C=O) groups is 1. The Morgan fingerprint density at radius 2 is 2.00 bits per heavy atom. The average Bonchev–Trinajstić information content (AvgIpc) is 3.12. The van der Waals surface area contributed by atoms with Gasteiger partial charge in [-0.25, -0.2) is 9.88 Å². The summed E-state index contributed by atoms with van der Waals surface area (Å²) < 4.78 is 32.8. The highest BCUT2D eigenvalue weighted by atomic mass is 32.7. The number of esters is 1. The molecule has 0 amide bonds. The molecule has 2 heterocycles. The molecule has 1 saturated heterocycles. The average molecular weight is 525 g/mol. The number of hydrogen-bond donors (Lipinski definition) is 4. The van der Waals surface area contributed by atoms with Crippen LogP contribution in [-0.4, -0.2) is 68.5 Å². The molecule has 5 unspecified atom stereocenters. The molecule has 4 N–H and O–H groups in total. The van der Waals surface area contributed by atoms with Gasteiger partial charge < -0.3 is 24.2 Å². The van der Waals surface area contributed by atoms with Crippen LogP contribution in [0.25, 0.3) is 0 Å². The maximum Gasteiger partial charge on any atom is 0.330 e. The van der Waals surface area contributed by atoms with Crippen molar-refractivity contribution in [2.45, 2.75) is 76.9 Å². The summed E-state index contributed by atoms with van der Waals surface area (Å²) in [4.78, 5) is 24.4. The summed E-state index contributed by atoms with van der Waals surface area (Å²) >= 11 is 0.834. The Morgan fingerprint density at radius 1 is 1.35 bits per heavy atom. The van der Waals surface area contributed by atoms with Crippen LogP contribution >= 0.6 is 18.1 Å². The number of hydrogen-bond acceptors (Lipinski definition) is 10. The summed E-state index contributed by atoms with van der Waals surface area (Å²) in [6, 6.07) is -0.948. The summed E-state index contributed by atoms with van der Waals surface area (Å²) in [6.45, 7) is 5.18. The van der Waals surface area contributed by atoms with E-state index in [0.29, 0.717) is 6.54 Å². The van der Waals surface area contributed by atoms with Gasteiger partial charge >= 0.3 is 18.4 Å². The minimum atomic E-state index is -3.77. The molecule has 0 spiro atoms. The van der Waals surface area contributed by atoms with Crippen LogP contribution in [-0.2, 0) is 43.2 Å². The number of aromatic hydroxyl groups is 1. The second kappa shape index (κ2) is 11.6. The Kier molecular flexibility index (Phi) is 9.85. The van der Waals surface area contributed by atoms with E-state index < -0.39 is 42.4 Å². The van der Waals surface area contributed by atoms with E-state index in [1.54, 1.807) is 20.8 Å². The maximum atomic E-state index is 13.7. The normalized spacial score (nSPS) is 25.4. The lowest BCUT2D eigenvalue weighted by atomic mass is 10.0. The first kappa shape index (κ1) is 28.9. The first-order valence-corrected chi connectivity index (χ1v) is 14.3. The molecular weight excluding hydrogens is 487 g/mol. The van der Waals surface area contributed by atoms with Crippen molar-refractivity contribution in [1.82, 2.24) is 19.5 Å². The minimum absolute atomic E-state index is 0.0299. The van der Waals surface area contributed by atoms with Crippen molar-refractivity contribution in [3.05, 3.63) is 16.2 Å². The molecule has 14 heteroatoms. The van der Waals surface area contributed by atoms with Crippen molar-refractivity contribution in [2.24, 2.45) is 14.1 Å². The Hall–Kier alpha value is -1.34. The van der Waals surface area contributed by atoms with Crippen molar-refractivity contribution < 1.29 is 33.6 Å². The quantitative estimate of drug-likeness (QED) is 0.230. The highest BCUT2D eigenvalue weighted by Crippen LogP contribution is 2.58. The smallest absolute Gasteiger partial charge is 0.330 e. The third kappa shape index (κ3) is 7.09. The van der Waals surface area contributed by atoms with Crippen LogP contribution in [0.2, 0.25) is 0 Å². The minimum Gasteiger partial charge on any atom is -0.493 e. The van der Waals surface area contributed by atoms with Gasteiger partial charge in [0.1, 0.15) is 17.9 Å². The number of imidazole rings is 1. The van der Waals surface area contributed by atoms with E-state index in [4.69, 9.17) is 14.0 Å². The van der Waals surface area contributed by atoms with E-state index in [0.717, 1.165) is 15.9 Å². The van der Waals surface area contributed by atoms with Crippen molar-refractivity contribution in [3.8, 4) is 5.88 Å². The Morgan fingerprint density at radius 3 is 2.53 bits per heavy atom. The number of aromatic nitrogens is 2. The van der Waals surface area contributed by atoms with E-state index in [9.17, 15) is 24.4 Å². The number of carbonyl (C=O) groups excluding carboxylic acids is 1. The van der Waals surface area contributed by atoms with Crippen LogP contribution in [0.15, 0.2) is 4.79 Å². The van der Waals surface area contributed by atoms with Crippen molar-refractivity contribution in [3.63, 3.8) is 0 Å². The molecule has 1 aliphatic rings. The molecule has 0 aromatic carbocycles. The van der Waals surface area contributed by atoms with E-state index in [2.05, 4.69) is 10.4 Å². The first-order valence-electron chi connectivity index (χ1n) is 11.1. The molecule has 0 bridgehead atoms. The Bertz CT molecular complexity index is 963. The number of likely N-dealkylation sites (N-methyl/N-ethyl adjacent to an activating group) is 1. The monoisotopic (exact) mass is 524 g/mol. The van der Waals surface area contributed by atoms with E-state index in [1.165, 1.54) is 25.6 Å². The third-order valence-corrected chi connectivity index (χ3v) is 9.31. The Labute approximate surface area is 203 Å². The zero-order valence-corrected chi connectivity index (χ0v) is 22.4. The van der Waals surface area contributed by atoms with Crippen LogP contribution in [0.3, 0.4) is 0 Å². The highest BCUT2D eigenvalue weighted by Gasteiger charge is 2.44. The number of nitrogens with zero attached hydrogens (tertiary/aromatic N) is 2. The van der Waals surface area contributed by atoms with Crippen molar-refractivity contribution >= 4 is 24.1 Å². The van der Waals surface area contributed by atoms with Crippen LogP contribution in [0, 0.1) is 0 Å². The number of aliphatic hydroxyl groups is 1. The van der Waals surface area contributed by atoms with Gasteiger partial charge in [0.15, 0.2) is 0 Å². The second-order valence-corrected chi connectivity index (χ2v) is 13.1. The molecule has 5 atom stereocenters.